The molecule has 23 heavy (non-hydrogen) atoms. The topological polar surface area (TPSA) is 49.8 Å². The van der Waals surface area contributed by atoms with Crippen LogP contribution < -0.4 is 0 Å². The van der Waals surface area contributed by atoms with Crippen LogP contribution in [0.15, 0.2) is 0 Å². The smallest absolute Gasteiger partial charge is 0.359 e. The maximum absolute atomic E-state index is 13.2. The third kappa shape index (κ3) is 5.19. The van der Waals surface area contributed by atoms with Crippen LogP contribution in [-0.4, -0.2) is 46.3 Å². The van der Waals surface area contributed by atoms with Crippen molar-refractivity contribution in [2.75, 3.05) is 6.61 Å². The molecule has 0 rings (SSSR count). The first-order valence-electron chi connectivity index (χ1n) is 5.33. The molecule has 1 unspecified atom stereocenters. The lowest BCUT2D eigenvalue weighted by molar-refractivity contribution is -0.471. The van der Waals surface area contributed by atoms with Gasteiger partial charge in [0.15, 0.2) is 0 Å². The Hall–Kier alpha value is -0.590. The van der Waals surface area contributed by atoms with E-state index in [-0.39, 0.29) is 0 Å². The maximum Gasteiger partial charge on any atom is 0.472 e. The van der Waals surface area contributed by atoms with Gasteiger partial charge in [-0.2, -0.15) is 43.9 Å². The lowest BCUT2D eigenvalue weighted by Crippen LogP contribution is -2.65. The molecule has 0 aliphatic heterocycles. The summed E-state index contributed by atoms with van der Waals surface area (Å²) < 4.78 is 140. The Labute approximate surface area is 122 Å². The number of hydrogen-bond donors (Lipinski definition) is 1. The Balaban J connectivity index is 5.63. The minimum absolute atomic E-state index is 0.661. The van der Waals surface area contributed by atoms with Crippen molar-refractivity contribution in [3.05, 3.63) is 0 Å². The van der Waals surface area contributed by atoms with Gasteiger partial charge >= 0.3 is 24.6 Å². The van der Waals surface area contributed by atoms with E-state index < -0.39 is 49.4 Å². The molecule has 0 aliphatic rings. The highest BCUT2D eigenvalue weighted by atomic mass is 31.1. The molecular formula is C8H10F10NO3P. The van der Waals surface area contributed by atoms with E-state index in [1.165, 1.54) is 0 Å². The molecule has 0 heterocycles. The van der Waals surface area contributed by atoms with Crippen LogP contribution in [-0.2, 0) is 9.30 Å². The Kier molecular flexibility index (Phi) is 6.21. The maximum atomic E-state index is 13.2. The molecule has 0 aromatic heterocycles. The average molecular weight is 389 g/mol. The fraction of sp³-hybridized carbons (Fsp3) is 1.00. The summed E-state index contributed by atoms with van der Waals surface area (Å²) in [7, 11) is -3.76. The Morgan fingerprint density at radius 3 is 1.52 bits per heavy atom. The molecule has 4 nitrogen and oxygen atoms in total. The van der Waals surface area contributed by atoms with Gasteiger partial charge in [-0.25, -0.2) is 0 Å². The predicted octanol–water partition coefficient (Wildman–Crippen LogP) is 3.78. The van der Waals surface area contributed by atoms with Crippen molar-refractivity contribution in [2.45, 2.75) is 43.8 Å². The first kappa shape index (κ1) is 22.4. The number of rotatable bonds is 6. The van der Waals surface area contributed by atoms with E-state index in [9.17, 15) is 48.5 Å². The molecule has 0 radical (unpaired) electrons. The molecule has 140 valence electrons. The number of hydrogen-bond acceptors (Lipinski definition) is 3. The van der Waals surface area contributed by atoms with Gasteiger partial charge in [-0.1, -0.05) is 4.90 Å². The lowest BCUT2D eigenvalue weighted by Gasteiger charge is -2.38. The van der Waals surface area contributed by atoms with Crippen LogP contribution in [0, 0.1) is 0 Å². The Bertz CT molecular complexity index is 432. The molecule has 0 aromatic rings. The molecule has 1 N–H and O–H groups in total. The number of alkyl halides is 10. The van der Waals surface area contributed by atoms with E-state index in [1.54, 1.807) is 0 Å². The van der Waals surface area contributed by atoms with Gasteiger partial charge < -0.3 is 9.63 Å². The summed E-state index contributed by atoms with van der Waals surface area (Å²) in [4.78, 5) is 5.10. The van der Waals surface area contributed by atoms with E-state index in [1.807, 2.05) is 0 Å². The second-order valence-corrected chi connectivity index (χ2v) is 6.44. The largest absolute Gasteiger partial charge is 0.472 e. The van der Waals surface area contributed by atoms with Gasteiger partial charge in [0.2, 0.25) is 8.03 Å². The first-order chi connectivity index (χ1) is 9.77. The summed E-state index contributed by atoms with van der Waals surface area (Å²) in [5, 5.41) is -2.37. The molecular weight excluding hydrogens is 379 g/mol. The van der Waals surface area contributed by atoms with E-state index in [0.29, 0.717) is 13.8 Å². The number of ether oxygens (including phenoxy) is 1. The summed E-state index contributed by atoms with van der Waals surface area (Å²) in [6.07, 6.45) is -13.7. The van der Waals surface area contributed by atoms with Gasteiger partial charge in [0, 0.05) is 0 Å². The fourth-order valence-corrected chi connectivity index (χ4v) is 1.24. The van der Waals surface area contributed by atoms with Crippen molar-refractivity contribution in [1.29, 1.82) is 0 Å². The first-order valence-corrected chi connectivity index (χ1v) is 6.69. The van der Waals surface area contributed by atoms with Gasteiger partial charge in [-0.3, -0.25) is 4.57 Å². The van der Waals surface area contributed by atoms with Crippen molar-refractivity contribution in [3.63, 3.8) is 0 Å². The van der Waals surface area contributed by atoms with Crippen LogP contribution in [0.1, 0.15) is 13.8 Å². The van der Waals surface area contributed by atoms with Crippen LogP contribution in [0.4, 0.5) is 43.9 Å². The average Bonchev–Trinajstić information content (AvgIpc) is 2.21. The molecule has 0 aliphatic carbocycles. The minimum atomic E-state index is -6.87. The Morgan fingerprint density at radius 2 is 1.26 bits per heavy atom. The van der Waals surface area contributed by atoms with Gasteiger partial charge in [-0.15, -0.1) is 0 Å². The third-order valence-corrected chi connectivity index (χ3v) is 3.53. The molecule has 0 aromatic carbocycles. The van der Waals surface area contributed by atoms with E-state index in [4.69, 9.17) is 4.89 Å². The van der Waals surface area contributed by atoms with Crippen LogP contribution in [0.2, 0.25) is 0 Å². The zero-order chi connectivity index (χ0) is 19.1. The SMILES string of the molecule is CC(C)(OCC(F)(F)C(F)(F)N(C(F)(F)F)C(F)(F)F)[PH](=O)O. The quantitative estimate of drug-likeness (QED) is 0.427. The van der Waals surface area contributed by atoms with Gasteiger partial charge in [0.25, 0.3) is 0 Å². The van der Waals surface area contributed by atoms with Crippen LogP contribution in [0.5, 0.6) is 0 Å². The van der Waals surface area contributed by atoms with Gasteiger partial charge in [0.05, 0.1) is 0 Å². The van der Waals surface area contributed by atoms with Crippen LogP contribution >= 0.6 is 8.03 Å². The highest BCUT2D eigenvalue weighted by molar-refractivity contribution is 7.39. The second kappa shape index (κ2) is 6.37. The summed E-state index contributed by atoms with van der Waals surface area (Å²) >= 11 is 0. The van der Waals surface area contributed by atoms with Crippen molar-refractivity contribution in [3.8, 4) is 0 Å². The van der Waals surface area contributed by atoms with Gasteiger partial charge in [0.1, 0.15) is 11.9 Å². The molecule has 0 bridgehead atoms. The zero-order valence-corrected chi connectivity index (χ0v) is 12.2. The molecule has 0 fully saturated rings. The summed E-state index contributed by atoms with van der Waals surface area (Å²) in [5.74, 6) is -5.98. The highest BCUT2D eigenvalue weighted by Gasteiger charge is 2.74. The van der Waals surface area contributed by atoms with Crippen molar-refractivity contribution >= 4 is 8.03 Å². The molecule has 0 saturated heterocycles. The van der Waals surface area contributed by atoms with E-state index >= 15 is 0 Å². The second-order valence-electron chi connectivity index (χ2n) is 4.62. The van der Waals surface area contributed by atoms with Gasteiger partial charge in [-0.05, 0) is 13.8 Å². The van der Waals surface area contributed by atoms with Crippen molar-refractivity contribution < 1.29 is 58.1 Å². The molecule has 0 amide bonds. The third-order valence-electron chi connectivity index (χ3n) is 2.36. The van der Waals surface area contributed by atoms with Crippen molar-refractivity contribution in [1.82, 2.24) is 4.90 Å². The van der Waals surface area contributed by atoms with Crippen LogP contribution in [0.25, 0.3) is 0 Å². The lowest BCUT2D eigenvalue weighted by atomic mass is 10.2. The predicted molar refractivity (Wildman–Crippen MR) is 55.1 cm³/mol. The van der Waals surface area contributed by atoms with Crippen LogP contribution in [0.3, 0.4) is 0 Å². The summed E-state index contributed by atoms with van der Waals surface area (Å²) in [5.41, 5.74) is 0. The molecule has 15 heteroatoms. The summed E-state index contributed by atoms with van der Waals surface area (Å²) in [6, 6.07) is -6.76. The van der Waals surface area contributed by atoms with E-state index in [2.05, 4.69) is 4.74 Å². The monoisotopic (exact) mass is 389 g/mol. The standard InChI is InChI=1S/C8H10F10NO3P/c1-4(2,23(20)21)22-3-5(9,10)6(11,12)19(7(13,14)15)8(16,17)18/h23H,3H2,1-2H3,(H,20,21). The van der Waals surface area contributed by atoms with E-state index in [0.717, 1.165) is 0 Å². The Morgan fingerprint density at radius 1 is 0.913 bits per heavy atom. The number of halogens is 10. The normalized spacial score (nSPS) is 16.8. The minimum Gasteiger partial charge on any atom is -0.359 e. The highest BCUT2D eigenvalue weighted by Crippen LogP contribution is 2.49. The fourth-order valence-electron chi connectivity index (χ4n) is 1.05. The summed E-state index contributed by atoms with van der Waals surface area (Å²) in [6.45, 7) is -1.34. The zero-order valence-electron chi connectivity index (χ0n) is 11.2. The van der Waals surface area contributed by atoms with Crippen molar-refractivity contribution in [2.24, 2.45) is 0 Å². The molecule has 0 saturated carbocycles. The molecule has 0 spiro atoms. The number of nitrogens with zero attached hydrogens (tertiary/aromatic N) is 1. The molecule has 1 atom stereocenters.